The Balaban J connectivity index is 0.000000561. The van der Waals surface area contributed by atoms with Crippen molar-refractivity contribution in [2.75, 3.05) is 0 Å². The standard InChI is InChI=1S/C7H6O3.SSe/c8-6-4-2-1-3-5(6)7(9)10;1-2/h1-4,8H,(H,9,10);. The van der Waals surface area contributed by atoms with Crippen LogP contribution in [0.1, 0.15) is 10.4 Å². The summed E-state index contributed by atoms with van der Waals surface area (Å²) >= 11 is 2.21. The van der Waals surface area contributed by atoms with E-state index in [-0.39, 0.29) is 11.3 Å². The van der Waals surface area contributed by atoms with Crippen molar-refractivity contribution in [2.24, 2.45) is 0 Å². The molecule has 0 radical (unpaired) electrons. The van der Waals surface area contributed by atoms with Crippen LogP contribution in [0.3, 0.4) is 0 Å². The number of carboxylic acids is 1. The van der Waals surface area contributed by atoms with Crippen molar-refractivity contribution >= 4 is 30.9 Å². The fraction of sp³-hybridized carbons (Fsp3) is 0. The Morgan fingerprint density at radius 3 is 2.17 bits per heavy atom. The van der Waals surface area contributed by atoms with Crippen molar-refractivity contribution in [1.82, 2.24) is 0 Å². The number of benzene rings is 1. The molecule has 0 saturated carbocycles. The van der Waals surface area contributed by atoms with Crippen molar-refractivity contribution in [3.63, 3.8) is 0 Å². The second-order valence-corrected chi connectivity index (χ2v) is 1.82. The summed E-state index contributed by atoms with van der Waals surface area (Å²) in [4.78, 5) is 10.3. The maximum absolute atomic E-state index is 10.3. The first kappa shape index (κ1) is 11.2. The van der Waals surface area contributed by atoms with Gasteiger partial charge in [0.1, 0.15) is 11.3 Å². The minimum absolute atomic E-state index is 0.0671. The van der Waals surface area contributed by atoms with E-state index in [0.29, 0.717) is 0 Å². The zero-order chi connectivity index (χ0) is 9.56. The molecule has 0 aromatic heterocycles. The van der Waals surface area contributed by atoms with Crippen molar-refractivity contribution in [3.8, 4) is 5.75 Å². The average Bonchev–Trinajstić information content (AvgIpc) is 2.08. The van der Waals surface area contributed by atoms with Crippen LogP contribution < -0.4 is 0 Å². The Bertz CT molecular complexity index is 277. The van der Waals surface area contributed by atoms with Gasteiger partial charge in [0.05, 0.1) is 0 Å². The van der Waals surface area contributed by atoms with Crippen LogP contribution in [0, 0.1) is 0 Å². The molecule has 0 atom stereocenters. The molecule has 0 bridgehead atoms. The molecule has 1 aromatic carbocycles. The third kappa shape index (κ3) is 3.09. The first-order valence-corrected chi connectivity index (χ1v) is 5.33. The molecular formula is C7H6O3SSe. The van der Waals surface area contributed by atoms with Gasteiger partial charge in [0.2, 0.25) is 0 Å². The van der Waals surface area contributed by atoms with Crippen molar-refractivity contribution < 1.29 is 15.0 Å². The average molecular weight is 249 g/mol. The zero-order valence-electron chi connectivity index (χ0n) is 5.93. The van der Waals surface area contributed by atoms with Gasteiger partial charge >= 0.3 is 30.9 Å². The van der Waals surface area contributed by atoms with Crippen molar-refractivity contribution in [1.29, 1.82) is 0 Å². The van der Waals surface area contributed by atoms with Gasteiger partial charge in [-0.15, -0.1) is 0 Å². The van der Waals surface area contributed by atoms with Gasteiger partial charge in [0.25, 0.3) is 0 Å². The topological polar surface area (TPSA) is 57.5 Å². The van der Waals surface area contributed by atoms with Crippen molar-refractivity contribution in [3.05, 3.63) is 29.8 Å². The van der Waals surface area contributed by atoms with Gasteiger partial charge in [-0.3, -0.25) is 0 Å². The van der Waals surface area contributed by atoms with E-state index in [9.17, 15) is 4.79 Å². The fourth-order valence-electron chi connectivity index (χ4n) is 0.654. The quantitative estimate of drug-likeness (QED) is 0.738. The van der Waals surface area contributed by atoms with E-state index in [4.69, 9.17) is 10.2 Å². The van der Waals surface area contributed by atoms with Gasteiger partial charge in [-0.1, -0.05) is 12.1 Å². The number of carboxylic acid groups (broad SMARTS) is 1. The molecule has 1 aromatic rings. The third-order valence-corrected chi connectivity index (χ3v) is 1.13. The first-order chi connectivity index (χ1) is 5.72. The Kier molecular flexibility index (Phi) is 5.45. The number of rotatable bonds is 1. The molecule has 0 aliphatic carbocycles. The van der Waals surface area contributed by atoms with E-state index in [1.807, 2.05) is 0 Å². The van der Waals surface area contributed by atoms with Crippen LogP contribution in [0.2, 0.25) is 0 Å². The number of aromatic carboxylic acids is 1. The molecule has 0 aliphatic heterocycles. The molecule has 0 aliphatic rings. The minimum atomic E-state index is -1.11. The third-order valence-electron chi connectivity index (χ3n) is 1.13. The molecule has 0 spiro atoms. The number of phenols is 1. The van der Waals surface area contributed by atoms with Crippen LogP contribution in [-0.2, 0) is 0 Å². The summed E-state index contributed by atoms with van der Waals surface area (Å²) < 4.78 is 0. The number of hydrogen-bond acceptors (Lipinski definition) is 3. The molecule has 0 heterocycles. The van der Waals surface area contributed by atoms with Gasteiger partial charge in [0.15, 0.2) is 0 Å². The number of aromatic hydroxyl groups is 1. The first-order valence-electron chi connectivity index (χ1n) is 2.90. The van der Waals surface area contributed by atoms with Crippen LogP contribution in [0.5, 0.6) is 5.75 Å². The number of para-hydroxylation sites is 1. The summed E-state index contributed by atoms with van der Waals surface area (Å²) in [5, 5.41) is 17.3. The SMILES string of the molecule is O=C(O)c1ccccc1O.S=[Se]. The molecule has 1 rings (SSSR count). The molecule has 0 amide bonds. The molecule has 12 heavy (non-hydrogen) atoms. The Hall–Kier alpha value is -0.771. The van der Waals surface area contributed by atoms with E-state index >= 15 is 0 Å². The Morgan fingerprint density at radius 1 is 1.33 bits per heavy atom. The maximum atomic E-state index is 10.3. The van der Waals surface area contributed by atoms with Gasteiger partial charge in [-0.2, -0.15) is 0 Å². The second-order valence-electron chi connectivity index (χ2n) is 1.82. The predicted molar refractivity (Wildman–Crippen MR) is 48.4 cm³/mol. The van der Waals surface area contributed by atoms with Gasteiger partial charge < -0.3 is 10.2 Å². The molecular weight excluding hydrogens is 243 g/mol. The molecule has 0 saturated heterocycles. The molecule has 0 fully saturated rings. The van der Waals surface area contributed by atoms with Crippen LogP contribution in [0.15, 0.2) is 24.3 Å². The van der Waals surface area contributed by atoms with E-state index < -0.39 is 5.97 Å². The second kappa shape index (κ2) is 5.83. The normalized spacial score (nSPS) is 8.00. The van der Waals surface area contributed by atoms with E-state index in [0.717, 1.165) is 0 Å². The van der Waals surface area contributed by atoms with E-state index in [1.54, 1.807) is 12.1 Å². The molecule has 5 heteroatoms. The summed E-state index contributed by atoms with van der Waals surface area (Å²) in [6.07, 6.45) is 0. The Labute approximate surface area is 81.7 Å². The number of carbonyl (C=O) groups is 1. The van der Waals surface area contributed by atoms with Gasteiger partial charge in [-0.25, -0.2) is 4.79 Å². The monoisotopic (exact) mass is 250 g/mol. The Morgan fingerprint density at radius 2 is 1.83 bits per heavy atom. The van der Waals surface area contributed by atoms with Crippen LogP contribution in [0.25, 0.3) is 0 Å². The summed E-state index contributed by atoms with van der Waals surface area (Å²) in [5.74, 6) is -1.31. The van der Waals surface area contributed by atoms with Crippen LogP contribution in [-0.4, -0.2) is 30.6 Å². The fourth-order valence-corrected chi connectivity index (χ4v) is 0.654. The summed E-state index contributed by atoms with van der Waals surface area (Å²) in [6, 6.07) is 5.81. The molecule has 2 N–H and O–H groups in total. The summed E-state index contributed by atoms with van der Waals surface area (Å²) in [6.45, 7) is 0. The molecule has 0 unspecified atom stereocenters. The number of hydrogen-bond donors (Lipinski definition) is 2. The van der Waals surface area contributed by atoms with E-state index in [2.05, 4.69) is 24.9 Å². The predicted octanol–water partition coefficient (Wildman–Crippen LogP) is 1.36. The van der Waals surface area contributed by atoms with Crippen LogP contribution in [0.4, 0.5) is 0 Å². The summed E-state index contributed by atoms with van der Waals surface area (Å²) in [7, 11) is 3.96. The zero-order valence-corrected chi connectivity index (χ0v) is 8.46. The summed E-state index contributed by atoms with van der Waals surface area (Å²) in [5.41, 5.74) is -0.0671. The van der Waals surface area contributed by atoms with E-state index in [1.165, 1.54) is 12.1 Å². The molecule has 3 nitrogen and oxygen atoms in total. The van der Waals surface area contributed by atoms with Gasteiger partial charge in [0, 0.05) is 0 Å². The molecule has 64 valence electrons. The van der Waals surface area contributed by atoms with Crippen molar-refractivity contribution in [2.45, 2.75) is 0 Å². The van der Waals surface area contributed by atoms with Gasteiger partial charge in [-0.05, 0) is 12.1 Å². The van der Waals surface area contributed by atoms with Crippen LogP contribution >= 0.6 is 10.6 Å².